The molecule has 0 spiro atoms. The average Bonchev–Trinajstić information content (AvgIpc) is 3.11. The monoisotopic (exact) mass is 427 g/mol. The van der Waals surface area contributed by atoms with Crippen molar-refractivity contribution < 1.29 is 9.90 Å². The Kier molecular flexibility index (Phi) is 4.96. The Hall–Kier alpha value is -2.26. The summed E-state index contributed by atoms with van der Waals surface area (Å²) in [6.45, 7) is 0. The van der Waals surface area contributed by atoms with E-state index in [1.807, 2.05) is 60.7 Å². The zero-order valence-corrected chi connectivity index (χ0v) is 17.0. The highest BCUT2D eigenvalue weighted by Gasteiger charge is 2.33. The molecule has 4 nitrogen and oxygen atoms in total. The van der Waals surface area contributed by atoms with Crippen molar-refractivity contribution in [2.45, 2.75) is 0 Å². The molecular formula is C19H11N2O2S4-. The number of para-hydroxylation sites is 2. The number of thioether (sulfide) groups is 1. The molecule has 0 N–H and O–H groups in total. The van der Waals surface area contributed by atoms with E-state index in [0.717, 1.165) is 0 Å². The molecule has 134 valence electrons. The van der Waals surface area contributed by atoms with Gasteiger partial charge in [0.1, 0.15) is 0 Å². The second-order valence-electron chi connectivity index (χ2n) is 5.56. The molecule has 27 heavy (non-hydrogen) atoms. The minimum Gasteiger partial charge on any atom is -0.859 e. The zero-order valence-electron chi connectivity index (χ0n) is 13.7. The number of benzene rings is 2. The summed E-state index contributed by atoms with van der Waals surface area (Å²) < 4.78 is 2.36. The van der Waals surface area contributed by atoms with Crippen LogP contribution in [0, 0.1) is 3.95 Å². The Bertz CT molecular complexity index is 1120. The molecule has 0 atom stereocenters. The van der Waals surface area contributed by atoms with Crippen molar-refractivity contribution in [1.82, 2.24) is 4.57 Å². The molecule has 0 unspecified atom stereocenters. The van der Waals surface area contributed by atoms with Crippen LogP contribution in [0.1, 0.15) is 4.88 Å². The zero-order chi connectivity index (χ0) is 19.0. The summed E-state index contributed by atoms with van der Waals surface area (Å²) in [5, 5.41) is 12.8. The van der Waals surface area contributed by atoms with Gasteiger partial charge in [0.15, 0.2) is 8.27 Å². The molecule has 0 saturated carbocycles. The molecule has 1 aliphatic heterocycles. The number of nitrogens with zero attached hydrogens (tertiary/aromatic N) is 2. The number of anilines is 1. The number of carbonyl (C=O) groups excluding carboxylic acids is 1. The van der Waals surface area contributed by atoms with Gasteiger partial charge in [-0.25, -0.2) is 0 Å². The third kappa shape index (κ3) is 3.37. The van der Waals surface area contributed by atoms with Crippen molar-refractivity contribution in [1.29, 1.82) is 0 Å². The molecule has 1 aromatic heterocycles. The average molecular weight is 428 g/mol. The van der Waals surface area contributed by atoms with Crippen molar-refractivity contribution in [2.75, 3.05) is 4.90 Å². The smallest absolute Gasteiger partial charge is 0.270 e. The fourth-order valence-electron chi connectivity index (χ4n) is 2.65. The van der Waals surface area contributed by atoms with Crippen LogP contribution in [0.25, 0.3) is 11.8 Å². The summed E-state index contributed by atoms with van der Waals surface area (Å²) in [6, 6.07) is 18.4. The quantitative estimate of drug-likeness (QED) is 0.446. The van der Waals surface area contributed by atoms with Crippen LogP contribution in [0.3, 0.4) is 0 Å². The minimum absolute atomic E-state index is 0.235. The second kappa shape index (κ2) is 7.40. The SMILES string of the molecule is O=C1/C(=C\c2sc(=S)n(-c3ccccc3)c2[O-])SC(=S)N1c1ccccc1. The molecule has 0 radical (unpaired) electrons. The highest BCUT2D eigenvalue weighted by molar-refractivity contribution is 8.27. The second-order valence-corrected chi connectivity index (χ2v) is 8.91. The summed E-state index contributed by atoms with van der Waals surface area (Å²) in [5.41, 5.74) is 1.42. The first-order chi connectivity index (χ1) is 13.1. The normalized spacial score (nSPS) is 15.7. The first kappa shape index (κ1) is 18.1. The van der Waals surface area contributed by atoms with E-state index in [-0.39, 0.29) is 11.8 Å². The first-order valence-electron chi connectivity index (χ1n) is 7.87. The summed E-state index contributed by atoms with van der Waals surface area (Å²) >= 11 is 13.1. The first-order valence-corrected chi connectivity index (χ1v) is 10.3. The van der Waals surface area contributed by atoms with Crippen LogP contribution >= 0.6 is 47.5 Å². The number of hydrogen-bond donors (Lipinski definition) is 0. The molecule has 1 aliphatic rings. The highest BCUT2D eigenvalue weighted by Crippen LogP contribution is 2.38. The van der Waals surface area contributed by atoms with Gasteiger partial charge in [0.05, 0.1) is 10.6 Å². The van der Waals surface area contributed by atoms with Crippen LogP contribution in [0.2, 0.25) is 0 Å². The van der Waals surface area contributed by atoms with Crippen molar-refractivity contribution in [2.24, 2.45) is 0 Å². The van der Waals surface area contributed by atoms with Crippen molar-refractivity contribution in [3.8, 4) is 11.6 Å². The summed E-state index contributed by atoms with van der Waals surface area (Å²) in [4.78, 5) is 15.1. The van der Waals surface area contributed by atoms with Gasteiger partial charge in [-0.05, 0) is 48.4 Å². The standard InChI is InChI=1S/C19H12N2O2S4/c22-16-14(26-18(24)20(16)12-7-3-1-4-8-12)11-15-17(23)21(19(25)27-15)13-9-5-2-6-10-13/h1-11,22H/p-1/b15-11+. The fourth-order valence-corrected chi connectivity index (χ4v) is 5.29. The molecular weight excluding hydrogens is 416 g/mol. The van der Waals surface area contributed by atoms with Gasteiger partial charge in [-0.1, -0.05) is 60.4 Å². The Balaban J connectivity index is 1.72. The van der Waals surface area contributed by atoms with Gasteiger partial charge < -0.3 is 9.67 Å². The topological polar surface area (TPSA) is 48.3 Å². The van der Waals surface area contributed by atoms with E-state index in [4.69, 9.17) is 24.4 Å². The lowest BCUT2D eigenvalue weighted by molar-refractivity contribution is -0.277. The summed E-state index contributed by atoms with van der Waals surface area (Å²) in [6.07, 6.45) is 1.59. The number of carbonyl (C=O) groups is 1. The number of aromatic nitrogens is 1. The highest BCUT2D eigenvalue weighted by atomic mass is 32.2. The van der Waals surface area contributed by atoms with E-state index in [9.17, 15) is 9.90 Å². The Morgan fingerprint density at radius 1 is 0.926 bits per heavy atom. The number of rotatable bonds is 3. The van der Waals surface area contributed by atoms with E-state index >= 15 is 0 Å². The molecule has 3 aromatic rings. The lowest BCUT2D eigenvalue weighted by Gasteiger charge is -2.14. The maximum Gasteiger partial charge on any atom is 0.270 e. The predicted molar refractivity (Wildman–Crippen MR) is 116 cm³/mol. The van der Waals surface area contributed by atoms with Gasteiger partial charge >= 0.3 is 0 Å². The number of thiocarbonyl (C=S) groups is 1. The molecule has 1 fully saturated rings. The van der Waals surface area contributed by atoms with Crippen LogP contribution in [0.5, 0.6) is 5.88 Å². The lowest BCUT2D eigenvalue weighted by atomic mass is 10.3. The van der Waals surface area contributed by atoms with Gasteiger partial charge in [-0.3, -0.25) is 9.69 Å². The molecule has 1 amide bonds. The third-order valence-corrected chi connectivity index (χ3v) is 6.48. The van der Waals surface area contributed by atoms with Gasteiger partial charge in [0.25, 0.3) is 5.91 Å². The van der Waals surface area contributed by atoms with Crippen LogP contribution in [0.4, 0.5) is 5.69 Å². The van der Waals surface area contributed by atoms with E-state index in [1.165, 1.54) is 32.6 Å². The molecule has 8 heteroatoms. The van der Waals surface area contributed by atoms with Gasteiger partial charge in [-0.15, -0.1) is 11.3 Å². The molecule has 0 aliphatic carbocycles. The Labute approximate surface area is 174 Å². The van der Waals surface area contributed by atoms with E-state index < -0.39 is 0 Å². The van der Waals surface area contributed by atoms with Crippen molar-refractivity contribution in [3.05, 3.63) is 74.4 Å². The number of thiazole rings is 1. The number of amides is 1. The molecule has 2 heterocycles. The van der Waals surface area contributed by atoms with Crippen LogP contribution in [-0.2, 0) is 4.79 Å². The van der Waals surface area contributed by atoms with Gasteiger partial charge in [-0.2, -0.15) is 0 Å². The maximum absolute atomic E-state index is 12.8. The molecule has 4 rings (SSSR count). The van der Waals surface area contributed by atoms with Crippen molar-refractivity contribution in [3.63, 3.8) is 0 Å². The molecule has 0 bridgehead atoms. The summed E-state index contributed by atoms with van der Waals surface area (Å²) in [5.74, 6) is -0.470. The maximum atomic E-state index is 12.8. The third-order valence-electron chi connectivity index (χ3n) is 3.88. The van der Waals surface area contributed by atoms with Gasteiger partial charge in [0.2, 0.25) is 0 Å². The van der Waals surface area contributed by atoms with Crippen LogP contribution in [0.15, 0.2) is 65.6 Å². The van der Waals surface area contributed by atoms with Crippen molar-refractivity contribution >= 4 is 69.5 Å². The molecule has 1 saturated heterocycles. The largest absolute Gasteiger partial charge is 0.859 e. The number of hydrogen-bond acceptors (Lipinski definition) is 6. The fraction of sp³-hybridized carbons (Fsp3) is 0. The van der Waals surface area contributed by atoms with E-state index in [1.54, 1.807) is 6.08 Å². The van der Waals surface area contributed by atoms with Crippen LogP contribution < -0.4 is 10.0 Å². The van der Waals surface area contributed by atoms with E-state index in [2.05, 4.69) is 0 Å². The van der Waals surface area contributed by atoms with E-state index in [0.29, 0.717) is 29.4 Å². The molecule has 2 aromatic carbocycles. The lowest BCUT2D eigenvalue weighted by Crippen LogP contribution is -2.27. The Morgan fingerprint density at radius 2 is 1.52 bits per heavy atom. The van der Waals surface area contributed by atoms with Gasteiger partial charge in [0, 0.05) is 10.6 Å². The minimum atomic E-state index is -0.235. The Morgan fingerprint density at radius 3 is 2.15 bits per heavy atom. The predicted octanol–water partition coefficient (Wildman–Crippen LogP) is 4.75. The summed E-state index contributed by atoms with van der Waals surface area (Å²) in [7, 11) is 0. The van der Waals surface area contributed by atoms with Crippen LogP contribution in [-0.4, -0.2) is 14.8 Å².